The van der Waals surface area contributed by atoms with Crippen LogP contribution in [0.5, 0.6) is 0 Å². The minimum atomic E-state index is -0.261. The number of benzene rings is 3. The number of hydrogen-bond acceptors (Lipinski definition) is 2. The average Bonchev–Trinajstić information content (AvgIpc) is 2.81. The molecule has 0 saturated heterocycles. The third kappa shape index (κ3) is 3.48. The predicted molar refractivity (Wildman–Crippen MR) is 127 cm³/mol. The lowest BCUT2D eigenvalue weighted by Crippen LogP contribution is -2.42. The fraction of sp³-hybridized carbons (Fsp3) is 0.259. The first-order valence-electron chi connectivity index (χ1n) is 11.2. The van der Waals surface area contributed by atoms with Crippen LogP contribution >= 0.6 is 0 Å². The SMILES string of the molecule is C[C@@H]1CCc2cc(F)ccc2N1C(=O)CCCn1c2ccccc2c(=O)c2ccccc21. The van der Waals surface area contributed by atoms with E-state index < -0.39 is 0 Å². The summed E-state index contributed by atoms with van der Waals surface area (Å²) in [5.41, 5.74) is 3.53. The fourth-order valence-corrected chi connectivity index (χ4v) is 4.93. The van der Waals surface area contributed by atoms with Crippen molar-refractivity contribution < 1.29 is 9.18 Å². The molecule has 0 aliphatic carbocycles. The number of halogens is 1. The summed E-state index contributed by atoms with van der Waals surface area (Å²) in [5.74, 6) is -0.206. The first-order valence-corrected chi connectivity index (χ1v) is 11.2. The quantitative estimate of drug-likeness (QED) is 0.406. The molecule has 5 heteroatoms. The van der Waals surface area contributed by atoms with Crippen molar-refractivity contribution in [1.29, 1.82) is 0 Å². The van der Waals surface area contributed by atoms with Crippen LogP contribution in [0, 0.1) is 5.82 Å². The van der Waals surface area contributed by atoms with Crippen LogP contribution in [0.4, 0.5) is 10.1 Å². The molecule has 4 nitrogen and oxygen atoms in total. The Morgan fingerprint density at radius 2 is 1.66 bits per heavy atom. The van der Waals surface area contributed by atoms with Gasteiger partial charge < -0.3 is 9.47 Å². The zero-order chi connectivity index (χ0) is 22.2. The van der Waals surface area contributed by atoms with Crippen molar-refractivity contribution in [2.75, 3.05) is 4.90 Å². The molecule has 1 aliphatic rings. The highest BCUT2D eigenvalue weighted by Crippen LogP contribution is 2.32. The van der Waals surface area contributed by atoms with Crippen LogP contribution in [-0.4, -0.2) is 16.5 Å². The first-order chi connectivity index (χ1) is 15.5. The molecule has 0 N–H and O–H groups in total. The summed E-state index contributed by atoms with van der Waals surface area (Å²) >= 11 is 0. The summed E-state index contributed by atoms with van der Waals surface area (Å²) in [6.45, 7) is 2.68. The number of para-hydroxylation sites is 2. The number of rotatable bonds is 4. The van der Waals surface area contributed by atoms with Gasteiger partial charge in [0.15, 0.2) is 5.43 Å². The third-order valence-corrected chi connectivity index (χ3v) is 6.49. The monoisotopic (exact) mass is 428 g/mol. The van der Waals surface area contributed by atoms with Gasteiger partial charge >= 0.3 is 0 Å². The van der Waals surface area contributed by atoms with E-state index in [2.05, 4.69) is 4.57 Å². The minimum absolute atomic E-state index is 0.0366. The van der Waals surface area contributed by atoms with Gasteiger partial charge in [0.1, 0.15) is 5.82 Å². The topological polar surface area (TPSA) is 42.3 Å². The summed E-state index contributed by atoms with van der Waals surface area (Å²) < 4.78 is 15.8. The molecule has 0 saturated carbocycles. The number of aryl methyl sites for hydroxylation is 2. The molecule has 32 heavy (non-hydrogen) atoms. The van der Waals surface area contributed by atoms with Crippen molar-refractivity contribution >= 4 is 33.4 Å². The maximum Gasteiger partial charge on any atom is 0.227 e. The number of fused-ring (bicyclic) bond motifs is 3. The Hall–Kier alpha value is -3.47. The van der Waals surface area contributed by atoms with E-state index >= 15 is 0 Å². The van der Waals surface area contributed by atoms with E-state index in [0.717, 1.165) is 35.1 Å². The molecule has 162 valence electrons. The second kappa shape index (κ2) is 8.23. The molecule has 0 bridgehead atoms. The molecule has 1 aromatic heterocycles. The van der Waals surface area contributed by atoms with Gasteiger partial charge in [0.05, 0.1) is 11.0 Å². The Morgan fingerprint density at radius 1 is 1.00 bits per heavy atom. The number of anilines is 1. The van der Waals surface area contributed by atoms with Crippen LogP contribution in [0.25, 0.3) is 21.8 Å². The zero-order valence-corrected chi connectivity index (χ0v) is 18.1. The highest BCUT2D eigenvalue weighted by Gasteiger charge is 2.28. The maximum absolute atomic E-state index is 13.7. The number of pyridine rings is 1. The first kappa shape index (κ1) is 20.4. The van der Waals surface area contributed by atoms with Crippen molar-refractivity contribution in [2.45, 2.75) is 45.2 Å². The highest BCUT2D eigenvalue weighted by molar-refractivity contribution is 5.95. The lowest BCUT2D eigenvalue weighted by molar-refractivity contribution is -0.119. The normalized spacial score (nSPS) is 15.8. The van der Waals surface area contributed by atoms with Gasteiger partial charge in [-0.1, -0.05) is 24.3 Å². The van der Waals surface area contributed by atoms with Crippen molar-refractivity contribution in [3.63, 3.8) is 0 Å². The molecule has 2 heterocycles. The van der Waals surface area contributed by atoms with Crippen LogP contribution in [0.1, 0.15) is 31.7 Å². The average molecular weight is 429 g/mol. The van der Waals surface area contributed by atoms with E-state index in [1.54, 1.807) is 12.1 Å². The molecule has 1 aliphatic heterocycles. The minimum Gasteiger partial charge on any atom is -0.340 e. The molecule has 1 amide bonds. The molecule has 0 unspecified atom stereocenters. The number of nitrogens with zero attached hydrogens (tertiary/aromatic N) is 2. The van der Waals surface area contributed by atoms with Gasteiger partial charge in [-0.05, 0) is 74.2 Å². The van der Waals surface area contributed by atoms with Gasteiger partial charge in [-0.25, -0.2) is 4.39 Å². The van der Waals surface area contributed by atoms with E-state index in [9.17, 15) is 14.0 Å². The molecular formula is C27H25FN2O2. The molecule has 0 fully saturated rings. The lowest BCUT2D eigenvalue weighted by atomic mass is 9.96. The van der Waals surface area contributed by atoms with Gasteiger partial charge in [-0.2, -0.15) is 0 Å². The van der Waals surface area contributed by atoms with Crippen LogP contribution in [-0.2, 0) is 17.8 Å². The molecule has 5 rings (SSSR count). The van der Waals surface area contributed by atoms with Gasteiger partial charge in [0.25, 0.3) is 0 Å². The van der Waals surface area contributed by atoms with Gasteiger partial charge in [-0.15, -0.1) is 0 Å². The van der Waals surface area contributed by atoms with Crippen molar-refractivity contribution in [3.05, 3.63) is 88.3 Å². The van der Waals surface area contributed by atoms with E-state index in [-0.39, 0.29) is 23.2 Å². The number of aromatic nitrogens is 1. The van der Waals surface area contributed by atoms with Gasteiger partial charge in [0.2, 0.25) is 5.91 Å². The summed E-state index contributed by atoms with van der Waals surface area (Å²) in [6.07, 6.45) is 2.65. The smallest absolute Gasteiger partial charge is 0.227 e. The Balaban J connectivity index is 1.42. The zero-order valence-electron chi connectivity index (χ0n) is 18.1. The number of hydrogen-bond donors (Lipinski definition) is 0. The lowest BCUT2D eigenvalue weighted by Gasteiger charge is -2.35. The molecule has 0 spiro atoms. The Labute approximate surface area is 185 Å². The van der Waals surface area contributed by atoms with Gasteiger partial charge in [0, 0.05) is 35.5 Å². The molecule has 4 aromatic rings. The highest BCUT2D eigenvalue weighted by atomic mass is 19.1. The number of amides is 1. The Kier molecular flexibility index (Phi) is 5.25. The summed E-state index contributed by atoms with van der Waals surface area (Å²) in [7, 11) is 0. The number of carbonyl (C=O) groups excluding carboxylic acids is 1. The molecule has 3 aromatic carbocycles. The fourth-order valence-electron chi connectivity index (χ4n) is 4.93. The number of carbonyl (C=O) groups is 1. The van der Waals surface area contributed by atoms with E-state index in [1.165, 1.54) is 6.07 Å². The molecule has 1 atom stereocenters. The maximum atomic E-state index is 13.7. The van der Waals surface area contributed by atoms with Crippen LogP contribution in [0.2, 0.25) is 0 Å². The second-order valence-corrected chi connectivity index (χ2v) is 8.54. The second-order valence-electron chi connectivity index (χ2n) is 8.54. The summed E-state index contributed by atoms with van der Waals surface area (Å²) in [5, 5.41) is 1.39. The van der Waals surface area contributed by atoms with Crippen LogP contribution in [0.15, 0.2) is 71.5 Å². The largest absolute Gasteiger partial charge is 0.340 e. The summed E-state index contributed by atoms with van der Waals surface area (Å²) in [6, 6.07) is 20.0. The molecule has 0 radical (unpaired) electrons. The van der Waals surface area contributed by atoms with E-state index in [4.69, 9.17) is 0 Å². The summed E-state index contributed by atoms with van der Waals surface area (Å²) in [4.78, 5) is 27.9. The van der Waals surface area contributed by atoms with Crippen LogP contribution in [0.3, 0.4) is 0 Å². The van der Waals surface area contributed by atoms with E-state index in [1.807, 2.05) is 60.4 Å². The van der Waals surface area contributed by atoms with Gasteiger partial charge in [-0.3, -0.25) is 9.59 Å². The molecular weight excluding hydrogens is 403 g/mol. The van der Waals surface area contributed by atoms with Crippen molar-refractivity contribution in [2.24, 2.45) is 0 Å². The Bertz CT molecular complexity index is 1330. The van der Waals surface area contributed by atoms with E-state index in [0.29, 0.717) is 30.2 Å². The third-order valence-electron chi connectivity index (χ3n) is 6.49. The van der Waals surface area contributed by atoms with Crippen molar-refractivity contribution in [1.82, 2.24) is 4.57 Å². The van der Waals surface area contributed by atoms with Crippen LogP contribution < -0.4 is 10.3 Å². The Morgan fingerprint density at radius 3 is 2.34 bits per heavy atom. The van der Waals surface area contributed by atoms with Crippen molar-refractivity contribution in [3.8, 4) is 0 Å². The predicted octanol–water partition coefficient (Wildman–Crippen LogP) is 5.44. The standard InChI is InChI=1S/C27H25FN2O2/c1-18-12-13-19-17-20(28)14-15-23(19)30(18)26(31)11-6-16-29-24-9-4-2-7-21(24)27(32)22-8-3-5-10-25(22)29/h2-5,7-10,14-15,17-18H,6,11-13,16H2,1H3/t18-/m1/s1.